The first kappa shape index (κ1) is 19.8. The highest BCUT2D eigenvalue weighted by atomic mass is 16.5. The molecule has 5 atom stereocenters. The summed E-state index contributed by atoms with van der Waals surface area (Å²) in [5, 5.41) is 6.62. The molecule has 3 aliphatic heterocycles. The highest BCUT2D eigenvalue weighted by Gasteiger charge is 2.41. The van der Waals surface area contributed by atoms with E-state index in [9.17, 15) is 4.79 Å². The number of carbonyl (C=O) groups is 1. The smallest absolute Gasteiger partial charge is 0.239 e. The maximum Gasteiger partial charge on any atom is 0.239 e. The number of nitrogens with one attached hydrogen (secondary N) is 4. The molecule has 0 radical (unpaired) electrons. The van der Waals surface area contributed by atoms with Crippen molar-refractivity contribution in [3.63, 3.8) is 0 Å². The Hall–Kier alpha value is -1.51. The van der Waals surface area contributed by atoms with Crippen molar-refractivity contribution in [1.29, 1.82) is 0 Å². The summed E-state index contributed by atoms with van der Waals surface area (Å²) in [5.41, 5.74) is 7.59. The van der Waals surface area contributed by atoms with Gasteiger partial charge in [-0.3, -0.25) is 10.2 Å². The lowest BCUT2D eigenvalue weighted by molar-refractivity contribution is -0.127. The predicted octanol–water partition coefficient (Wildman–Crippen LogP) is 0.883. The zero-order valence-electron chi connectivity index (χ0n) is 16.5. The number of hydrazine groups is 1. The van der Waals surface area contributed by atoms with Gasteiger partial charge in [-0.15, -0.1) is 0 Å². The van der Waals surface area contributed by atoms with E-state index in [-0.39, 0.29) is 36.1 Å². The number of amides is 1. The van der Waals surface area contributed by atoms with Crippen LogP contribution in [0.5, 0.6) is 0 Å². The van der Waals surface area contributed by atoms with Crippen LogP contribution in [0.2, 0.25) is 0 Å². The van der Waals surface area contributed by atoms with Gasteiger partial charge >= 0.3 is 0 Å². The van der Waals surface area contributed by atoms with E-state index in [4.69, 9.17) is 9.47 Å². The molecule has 5 unspecified atom stereocenters. The van der Waals surface area contributed by atoms with Crippen LogP contribution in [0, 0.1) is 5.92 Å². The Morgan fingerprint density at radius 3 is 2.75 bits per heavy atom. The molecule has 7 heteroatoms. The fraction of sp³-hybridized carbons (Fsp3) is 0.667. The molecule has 0 spiro atoms. The molecule has 4 rings (SSSR count). The first-order chi connectivity index (χ1) is 13.7. The fourth-order valence-electron chi connectivity index (χ4n) is 4.51. The summed E-state index contributed by atoms with van der Waals surface area (Å²) in [6.45, 7) is 5.36. The number of rotatable bonds is 6. The van der Waals surface area contributed by atoms with Crippen molar-refractivity contribution in [2.24, 2.45) is 5.92 Å². The third-order valence-corrected chi connectivity index (χ3v) is 6.12. The van der Waals surface area contributed by atoms with Gasteiger partial charge < -0.3 is 20.1 Å². The van der Waals surface area contributed by atoms with Crippen LogP contribution in [0.3, 0.4) is 0 Å². The van der Waals surface area contributed by atoms with Gasteiger partial charge in [-0.25, -0.2) is 5.43 Å². The van der Waals surface area contributed by atoms with Gasteiger partial charge in [0.05, 0.1) is 12.1 Å². The summed E-state index contributed by atoms with van der Waals surface area (Å²) in [5.74, 6) is 0.306. The van der Waals surface area contributed by atoms with Crippen LogP contribution in [-0.2, 0) is 14.3 Å². The van der Waals surface area contributed by atoms with E-state index in [1.54, 1.807) is 0 Å². The fourth-order valence-corrected chi connectivity index (χ4v) is 4.51. The molecule has 1 aromatic carbocycles. The molecule has 7 nitrogen and oxygen atoms in total. The molecule has 0 aromatic heterocycles. The average Bonchev–Trinajstić information content (AvgIpc) is 3.17. The van der Waals surface area contributed by atoms with Crippen molar-refractivity contribution in [2.45, 2.75) is 56.5 Å². The van der Waals surface area contributed by atoms with Gasteiger partial charge in [-0.2, -0.15) is 0 Å². The molecule has 28 heavy (non-hydrogen) atoms. The van der Waals surface area contributed by atoms with E-state index in [2.05, 4.69) is 33.6 Å². The highest BCUT2D eigenvalue weighted by molar-refractivity contribution is 5.83. The molecule has 3 aliphatic rings. The van der Waals surface area contributed by atoms with E-state index < -0.39 is 0 Å². The van der Waals surface area contributed by atoms with Crippen molar-refractivity contribution in [1.82, 2.24) is 21.5 Å². The van der Waals surface area contributed by atoms with E-state index in [1.807, 2.05) is 25.1 Å². The van der Waals surface area contributed by atoms with Crippen LogP contribution in [0.4, 0.5) is 0 Å². The minimum absolute atomic E-state index is 0.0349. The van der Waals surface area contributed by atoms with E-state index in [0.29, 0.717) is 6.04 Å². The van der Waals surface area contributed by atoms with Crippen molar-refractivity contribution in [3.05, 3.63) is 35.9 Å². The quantitative estimate of drug-likeness (QED) is 0.579. The number of hydrogen-bond acceptors (Lipinski definition) is 6. The zero-order valence-corrected chi connectivity index (χ0v) is 16.5. The van der Waals surface area contributed by atoms with Gasteiger partial charge in [-0.1, -0.05) is 30.3 Å². The Morgan fingerprint density at radius 2 is 1.96 bits per heavy atom. The highest BCUT2D eigenvalue weighted by Crippen LogP contribution is 2.27. The van der Waals surface area contributed by atoms with Gasteiger partial charge in [0.2, 0.25) is 5.91 Å². The number of benzene rings is 1. The van der Waals surface area contributed by atoms with Crippen molar-refractivity contribution in [3.8, 4) is 0 Å². The van der Waals surface area contributed by atoms with E-state index in [1.165, 1.54) is 0 Å². The molecular weight excluding hydrogens is 356 g/mol. The zero-order chi connectivity index (χ0) is 19.3. The lowest BCUT2D eigenvalue weighted by Crippen LogP contribution is -2.52. The predicted molar refractivity (Wildman–Crippen MR) is 107 cm³/mol. The molecule has 3 heterocycles. The van der Waals surface area contributed by atoms with Crippen molar-refractivity contribution < 1.29 is 14.3 Å². The van der Waals surface area contributed by atoms with E-state index >= 15 is 0 Å². The maximum atomic E-state index is 13.0. The second-order valence-electron chi connectivity index (χ2n) is 8.11. The number of ether oxygens (including phenoxy) is 2. The topological polar surface area (TPSA) is 83.7 Å². The third-order valence-electron chi connectivity index (χ3n) is 6.12. The molecule has 3 saturated heterocycles. The molecule has 0 bridgehead atoms. The molecule has 154 valence electrons. The number of carbonyl (C=O) groups excluding carboxylic acids is 1. The van der Waals surface area contributed by atoms with Crippen LogP contribution in [-0.4, -0.2) is 56.4 Å². The minimum Gasteiger partial charge on any atom is -0.381 e. The third kappa shape index (κ3) is 4.55. The van der Waals surface area contributed by atoms with Gasteiger partial charge in [0.15, 0.2) is 0 Å². The summed E-state index contributed by atoms with van der Waals surface area (Å²) < 4.78 is 11.9. The molecule has 0 aliphatic carbocycles. The summed E-state index contributed by atoms with van der Waals surface area (Å²) in [4.78, 5) is 13.0. The summed E-state index contributed by atoms with van der Waals surface area (Å²) in [7, 11) is 0. The second-order valence-corrected chi connectivity index (χ2v) is 8.11. The van der Waals surface area contributed by atoms with E-state index in [0.717, 1.165) is 51.1 Å². The van der Waals surface area contributed by atoms with Crippen LogP contribution in [0.1, 0.15) is 37.9 Å². The number of fused-ring (bicyclic) bond motifs is 1. The molecule has 3 fully saturated rings. The van der Waals surface area contributed by atoms with Crippen LogP contribution in [0.15, 0.2) is 30.3 Å². The number of piperidine rings is 1. The van der Waals surface area contributed by atoms with Crippen LogP contribution in [0.25, 0.3) is 0 Å². The van der Waals surface area contributed by atoms with Crippen LogP contribution < -0.4 is 21.5 Å². The Labute approximate surface area is 166 Å². The average molecular weight is 389 g/mol. The van der Waals surface area contributed by atoms with Gasteiger partial charge in [-0.05, 0) is 38.3 Å². The molecule has 0 saturated carbocycles. The Kier molecular flexibility index (Phi) is 6.59. The Morgan fingerprint density at radius 1 is 1.18 bits per heavy atom. The monoisotopic (exact) mass is 388 g/mol. The maximum absolute atomic E-state index is 13.0. The molecule has 1 aromatic rings. The summed E-state index contributed by atoms with van der Waals surface area (Å²) in [6.07, 6.45) is 2.82. The summed E-state index contributed by atoms with van der Waals surface area (Å²) in [6, 6.07) is 10.2. The number of hydrogen-bond donors (Lipinski definition) is 4. The minimum atomic E-state index is -0.222. The second kappa shape index (κ2) is 9.33. The Balaban J connectivity index is 1.42. The SMILES string of the molecule is CC(NC(=O)C1NNC2CCNCC21)C(OC1CCOCC1)c1ccccc1. The first-order valence-electron chi connectivity index (χ1n) is 10.5. The normalized spacial score (nSPS) is 30.4. The lowest BCUT2D eigenvalue weighted by Gasteiger charge is -2.33. The van der Waals surface area contributed by atoms with Gasteiger partial charge in [0.25, 0.3) is 0 Å². The molecule has 1 amide bonds. The van der Waals surface area contributed by atoms with Crippen LogP contribution >= 0.6 is 0 Å². The van der Waals surface area contributed by atoms with Crippen molar-refractivity contribution >= 4 is 5.91 Å². The van der Waals surface area contributed by atoms with Gasteiger partial charge in [0.1, 0.15) is 12.1 Å². The van der Waals surface area contributed by atoms with Gasteiger partial charge in [0, 0.05) is 31.7 Å². The standard InChI is InChI=1S/C21H32N4O3/c1-14(23-21(26)19-17-13-22-10-7-18(17)24-25-19)20(15-5-3-2-4-6-15)28-16-8-11-27-12-9-16/h2-6,14,16-20,22,24-25H,7-13H2,1H3,(H,23,26). The first-order valence-corrected chi connectivity index (χ1v) is 10.5. The molecular formula is C21H32N4O3. The largest absolute Gasteiger partial charge is 0.381 e. The van der Waals surface area contributed by atoms with Crippen molar-refractivity contribution in [2.75, 3.05) is 26.3 Å². The molecule has 4 N–H and O–H groups in total. The summed E-state index contributed by atoms with van der Waals surface area (Å²) >= 11 is 0. The Bertz CT molecular complexity index is 638. The lowest BCUT2D eigenvalue weighted by atomic mass is 9.89.